The summed E-state index contributed by atoms with van der Waals surface area (Å²) in [6, 6.07) is 8.62. The molecule has 1 aromatic carbocycles. The molecule has 0 saturated carbocycles. The SMILES string of the molecule is CCC1C=C(C)N=C/C1=C/C=C(\C)c1cccc(C)c1. The maximum atomic E-state index is 4.41. The molecule has 0 saturated heterocycles. The minimum absolute atomic E-state index is 0.494. The largest absolute Gasteiger partial charge is 0.262 e. The van der Waals surface area contributed by atoms with Gasteiger partial charge in [-0.15, -0.1) is 0 Å². The van der Waals surface area contributed by atoms with E-state index in [1.165, 1.54) is 22.3 Å². The maximum Gasteiger partial charge on any atom is 0.0339 e. The fraction of sp³-hybridized carbons (Fsp3) is 0.316. The third-order valence-corrected chi connectivity index (χ3v) is 3.73. The lowest BCUT2D eigenvalue weighted by molar-refractivity contribution is 0.740. The highest BCUT2D eigenvalue weighted by molar-refractivity contribution is 5.83. The van der Waals surface area contributed by atoms with Crippen LogP contribution in [-0.2, 0) is 0 Å². The van der Waals surface area contributed by atoms with E-state index in [0.29, 0.717) is 5.92 Å². The average Bonchev–Trinajstić information content (AvgIpc) is 2.45. The van der Waals surface area contributed by atoms with Crippen molar-refractivity contribution in [3.63, 3.8) is 0 Å². The molecule has 0 radical (unpaired) electrons. The summed E-state index contributed by atoms with van der Waals surface area (Å²) in [5, 5.41) is 0. The molecule has 1 aliphatic rings. The fourth-order valence-electron chi connectivity index (χ4n) is 2.43. The van der Waals surface area contributed by atoms with Gasteiger partial charge in [-0.1, -0.05) is 55.0 Å². The van der Waals surface area contributed by atoms with Gasteiger partial charge in [-0.3, -0.25) is 4.99 Å². The van der Waals surface area contributed by atoms with Crippen molar-refractivity contribution in [2.45, 2.75) is 34.1 Å². The van der Waals surface area contributed by atoms with Gasteiger partial charge in [0.05, 0.1) is 0 Å². The van der Waals surface area contributed by atoms with Crippen LogP contribution in [0, 0.1) is 12.8 Å². The summed E-state index contributed by atoms with van der Waals surface area (Å²) >= 11 is 0. The number of allylic oxidation sites excluding steroid dienone is 6. The quantitative estimate of drug-likeness (QED) is 0.699. The normalized spacial score (nSPS) is 21.2. The zero-order chi connectivity index (χ0) is 14.5. The lowest BCUT2D eigenvalue weighted by Gasteiger charge is -2.15. The van der Waals surface area contributed by atoms with Crippen molar-refractivity contribution in [3.8, 4) is 0 Å². The van der Waals surface area contributed by atoms with Crippen molar-refractivity contribution in [2.75, 3.05) is 0 Å². The van der Waals surface area contributed by atoms with Crippen molar-refractivity contribution >= 4 is 11.8 Å². The Morgan fingerprint density at radius 3 is 2.80 bits per heavy atom. The minimum atomic E-state index is 0.494. The second-order valence-electron chi connectivity index (χ2n) is 5.47. The van der Waals surface area contributed by atoms with E-state index in [2.05, 4.69) is 75.2 Å². The first kappa shape index (κ1) is 14.5. The van der Waals surface area contributed by atoms with Crippen LogP contribution < -0.4 is 0 Å². The molecular weight excluding hydrogens is 242 g/mol. The molecule has 0 spiro atoms. The second-order valence-corrected chi connectivity index (χ2v) is 5.47. The van der Waals surface area contributed by atoms with Gasteiger partial charge < -0.3 is 0 Å². The molecule has 1 heteroatoms. The number of benzene rings is 1. The van der Waals surface area contributed by atoms with Crippen LogP contribution in [0.1, 0.15) is 38.3 Å². The van der Waals surface area contributed by atoms with Crippen LogP contribution in [-0.4, -0.2) is 6.21 Å². The van der Waals surface area contributed by atoms with Crippen LogP contribution in [0.3, 0.4) is 0 Å². The van der Waals surface area contributed by atoms with Crippen molar-refractivity contribution in [1.29, 1.82) is 0 Å². The van der Waals surface area contributed by atoms with E-state index in [-0.39, 0.29) is 0 Å². The second kappa shape index (κ2) is 6.51. The van der Waals surface area contributed by atoms with Gasteiger partial charge in [-0.05, 0) is 43.9 Å². The Morgan fingerprint density at radius 2 is 2.10 bits per heavy atom. The minimum Gasteiger partial charge on any atom is -0.262 e. The number of aryl methyl sites for hydroxylation is 1. The molecule has 0 amide bonds. The van der Waals surface area contributed by atoms with Crippen LogP contribution >= 0.6 is 0 Å². The Balaban J connectivity index is 2.23. The third kappa shape index (κ3) is 3.57. The predicted molar refractivity (Wildman–Crippen MR) is 88.9 cm³/mol. The Labute approximate surface area is 122 Å². The van der Waals surface area contributed by atoms with Gasteiger partial charge in [0.25, 0.3) is 0 Å². The molecule has 104 valence electrons. The van der Waals surface area contributed by atoms with Gasteiger partial charge in [0.1, 0.15) is 0 Å². The van der Waals surface area contributed by atoms with E-state index in [0.717, 1.165) is 12.1 Å². The summed E-state index contributed by atoms with van der Waals surface area (Å²) in [6.07, 6.45) is 9.78. The van der Waals surface area contributed by atoms with Crippen molar-refractivity contribution in [3.05, 3.63) is 64.9 Å². The first-order chi connectivity index (χ1) is 9.60. The molecule has 2 rings (SSSR count). The fourth-order valence-corrected chi connectivity index (χ4v) is 2.43. The predicted octanol–water partition coefficient (Wildman–Crippen LogP) is 5.34. The smallest absolute Gasteiger partial charge is 0.0339 e. The van der Waals surface area contributed by atoms with Gasteiger partial charge in [0.2, 0.25) is 0 Å². The molecule has 1 atom stereocenters. The summed E-state index contributed by atoms with van der Waals surface area (Å²) in [6.45, 7) is 8.57. The molecule has 0 aliphatic carbocycles. The van der Waals surface area contributed by atoms with Crippen molar-refractivity contribution in [1.82, 2.24) is 0 Å². The van der Waals surface area contributed by atoms with Crippen LogP contribution in [0.25, 0.3) is 5.57 Å². The first-order valence-corrected chi connectivity index (χ1v) is 7.28. The number of aliphatic imine (C=N–C) groups is 1. The highest BCUT2D eigenvalue weighted by atomic mass is 14.7. The molecule has 1 aliphatic heterocycles. The van der Waals surface area contributed by atoms with E-state index >= 15 is 0 Å². The molecule has 20 heavy (non-hydrogen) atoms. The summed E-state index contributed by atoms with van der Waals surface area (Å²) in [5.41, 5.74) is 6.29. The number of rotatable bonds is 3. The first-order valence-electron chi connectivity index (χ1n) is 7.28. The molecule has 0 aromatic heterocycles. The highest BCUT2D eigenvalue weighted by Gasteiger charge is 2.11. The number of nitrogens with zero attached hydrogens (tertiary/aromatic N) is 1. The summed E-state index contributed by atoms with van der Waals surface area (Å²) in [4.78, 5) is 4.41. The van der Waals surface area contributed by atoms with Crippen molar-refractivity contribution < 1.29 is 0 Å². The Morgan fingerprint density at radius 1 is 1.30 bits per heavy atom. The average molecular weight is 265 g/mol. The van der Waals surface area contributed by atoms with Gasteiger partial charge in [0, 0.05) is 17.8 Å². The lowest BCUT2D eigenvalue weighted by atomic mass is 9.93. The Bertz CT molecular complexity index is 600. The van der Waals surface area contributed by atoms with E-state index in [1.54, 1.807) is 0 Å². The Kier molecular flexibility index (Phi) is 4.73. The van der Waals surface area contributed by atoms with E-state index in [9.17, 15) is 0 Å². The molecule has 0 bridgehead atoms. The van der Waals surface area contributed by atoms with Gasteiger partial charge in [0.15, 0.2) is 0 Å². The van der Waals surface area contributed by atoms with Crippen LogP contribution in [0.5, 0.6) is 0 Å². The standard InChI is InChI=1S/C19H23N/c1-5-17-12-16(4)20-13-19(17)10-9-15(3)18-8-6-7-14(2)11-18/h6-13,17H,5H2,1-4H3/b15-9+,19-10-. The summed E-state index contributed by atoms with van der Waals surface area (Å²) in [5.74, 6) is 0.494. The zero-order valence-corrected chi connectivity index (χ0v) is 12.9. The number of hydrogen-bond donors (Lipinski definition) is 0. The molecular formula is C19H23N. The third-order valence-electron chi connectivity index (χ3n) is 3.73. The van der Waals surface area contributed by atoms with E-state index in [4.69, 9.17) is 0 Å². The lowest BCUT2D eigenvalue weighted by Crippen LogP contribution is -2.05. The molecule has 0 fully saturated rings. The van der Waals surface area contributed by atoms with Crippen molar-refractivity contribution in [2.24, 2.45) is 10.9 Å². The van der Waals surface area contributed by atoms with E-state index in [1.807, 2.05) is 6.21 Å². The topological polar surface area (TPSA) is 12.4 Å². The molecule has 1 aromatic rings. The Hall–Kier alpha value is -1.89. The molecule has 0 N–H and O–H groups in total. The number of hydrogen-bond acceptors (Lipinski definition) is 1. The van der Waals surface area contributed by atoms with Crippen LogP contribution in [0.2, 0.25) is 0 Å². The van der Waals surface area contributed by atoms with Crippen LogP contribution in [0.4, 0.5) is 0 Å². The zero-order valence-electron chi connectivity index (χ0n) is 12.9. The van der Waals surface area contributed by atoms with Gasteiger partial charge in [-0.25, -0.2) is 0 Å². The monoisotopic (exact) mass is 265 g/mol. The van der Waals surface area contributed by atoms with Crippen LogP contribution in [0.15, 0.2) is 58.8 Å². The van der Waals surface area contributed by atoms with Gasteiger partial charge >= 0.3 is 0 Å². The summed E-state index contributed by atoms with van der Waals surface area (Å²) in [7, 11) is 0. The maximum absolute atomic E-state index is 4.41. The molecule has 1 unspecified atom stereocenters. The summed E-state index contributed by atoms with van der Waals surface area (Å²) < 4.78 is 0. The molecule has 1 heterocycles. The van der Waals surface area contributed by atoms with E-state index < -0.39 is 0 Å². The molecule has 1 nitrogen and oxygen atoms in total. The highest BCUT2D eigenvalue weighted by Crippen LogP contribution is 2.23. The van der Waals surface area contributed by atoms with Gasteiger partial charge in [-0.2, -0.15) is 0 Å².